The van der Waals surface area contributed by atoms with Gasteiger partial charge < -0.3 is 5.32 Å². The van der Waals surface area contributed by atoms with Crippen LogP contribution in [0.3, 0.4) is 0 Å². The van der Waals surface area contributed by atoms with Gasteiger partial charge in [-0.25, -0.2) is 9.97 Å². The summed E-state index contributed by atoms with van der Waals surface area (Å²) in [5.74, 6) is 0.735. The summed E-state index contributed by atoms with van der Waals surface area (Å²) in [5.41, 5.74) is 1.46. The third kappa shape index (κ3) is 1.31. The molecule has 0 bridgehead atoms. The molecule has 2 rings (SSSR count). The minimum absolute atomic E-state index is 0.629. The van der Waals surface area contributed by atoms with E-state index in [1.165, 1.54) is 6.33 Å². The Labute approximate surface area is 81.0 Å². The van der Waals surface area contributed by atoms with Crippen LogP contribution in [-0.4, -0.2) is 23.3 Å². The van der Waals surface area contributed by atoms with Crippen molar-refractivity contribution >= 4 is 23.0 Å². The van der Waals surface area contributed by atoms with E-state index >= 15 is 0 Å². The highest BCUT2D eigenvalue weighted by molar-refractivity contribution is 5.93. The van der Waals surface area contributed by atoms with E-state index in [0.717, 1.165) is 23.0 Å². The van der Waals surface area contributed by atoms with E-state index < -0.39 is 0 Å². The van der Waals surface area contributed by atoms with Crippen molar-refractivity contribution in [1.29, 1.82) is 0 Å². The number of nitrogens with zero attached hydrogens (tertiary/aromatic N) is 2. The maximum Gasteiger partial charge on any atom is 0.150 e. The molecule has 1 heterocycles. The number of nitrogens with one attached hydrogen (secondary N) is 1. The van der Waals surface area contributed by atoms with Crippen molar-refractivity contribution in [2.24, 2.45) is 0 Å². The first-order chi connectivity index (χ1) is 6.85. The molecule has 0 fully saturated rings. The molecule has 4 heteroatoms. The zero-order valence-corrected chi connectivity index (χ0v) is 7.69. The molecule has 0 aliphatic carbocycles. The fourth-order valence-corrected chi connectivity index (χ4v) is 1.35. The Kier molecular flexibility index (Phi) is 2.10. The van der Waals surface area contributed by atoms with Gasteiger partial charge in [-0.15, -0.1) is 0 Å². The Hall–Kier alpha value is -1.97. The molecule has 70 valence electrons. The van der Waals surface area contributed by atoms with E-state index in [9.17, 15) is 4.79 Å². The van der Waals surface area contributed by atoms with Gasteiger partial charge in [-0.3, -0.25) is 4.79 Å². The van der Waals surface area contributed by atoms with E-state index in [-0.39, 0.29) is 0 Å². The normalized spacial score (nSPS) is 10.1. The summed E-state index contributed by atoms with van der Waals surface area (Å²) in [6.07, 6.45) is 2.31. The highest BCUT2D eigenvalue weighted by Gasteiger charge is 2.02. The number of rotatable bonds is 2. The van der Waals surface area contributed by atoms with Crippen LogP contribution in [0.25, 0.3) is 10.9 Å². The topological polar surface area (TPSA) is 54.9 Å². The average Bonchev–Trinajstić information content (AvgIpc) is 2.27. The van der Waals surface area contributed by atoms with Crippen molar-refractivity contribution in [3.63, 3.8) is 0 Å². The number of fused-ring (bicyclic) bond motifs is 1. The van der Waals surface area contributed by atoms with E-state index in [4.69, 9.17) is 0 Å². The molecule has 0 saturated carbocycles. The molecule has 14 heavy (non-hydrogen) atoms. The van der Waals surface area contributed by atoms with E-state index in [1.54, 1.807) is 19.2 Å². The lowest BCUT2D eigenvalue weighted by Gasteiger charge is -2.03. The first-order valence-corrected chi connectivity index (χ1v) is 4.23. The summed E-state index contributed by atoms with van der Waals surface area (Å²) in [4.78, 5) is 18.7. The van der Waals surface area contributed by atoms with Crippen molar-refractivity contribution in [2.45, 2.75) is 0 Å². The van der Waals surface area contributed by atoms with Gasteiger partial charge in [-0.1, -0.05) is 0 Å². The van der Waals surface area contributed by atoms with Crippen LogP contribution >= 0.6 is 0 Å². The summed E-state index contributed by atoms with van der Waals surface area (Å²) in [7, 11) is 1.79. The number of carbonyl (C=O) groups excluding carboxylic acids is 1. The van der Waals surface area contributed by atoms with Gasteiger partial charge in [0.25, 0.3) is 0 Å². The van der Waals surface area contributed by atoms with Crippen LogP contribution < -0.4 is 5.32 Å². The quantitative estimate of drug-likeness (QED) is 0.723. The average molecular weight is 187 g/mol. The van der Waals surface area contributed by atoms with Crippen LogP contribution in [0.2, 0.25) is 0 Å². The van der Waals surface area contributed by atoms with E-state index in [0.29, 0.717) is 5.56 Å². The molecule has 0 radical (unpaired) electrons. The highest BCUT2D eigenvalue weighted by Crippen LogP contribution is 2.19. The molecule has 1 aromatic heterocycles. The zero-order valence-electron chi connectivity index (χ0n) is 7.69. The third-order valence-corrected chi connectivity index (χ3v) is 2.03. The summed E-state index contributed by atoms with van der Waals surface area (Å²) in [6, 6.07) is 5.32. The molecule has 2 aromatic rings. The largest absolute Gasteiger partial charge is 0.373 e. The number of aromatic nitrogens is 2. The van der Waals surface area contributed by atoms with Crippen LogP contribution in [0.15, 0.2) is 24.5 Å². The van der Waals surface area contributed by atoms with Gasteiger partial charge >= 0.3 is 0 Å². The Morgan fingerprint density at radius 2 is 2.21 bits per heavy atom. The number of hydrogen-bond acceptors (Lipinski definition) is 4. The molecule has 0 saturated heterocycles. The Bertz CT molecular complexity index is 482. The SMILES string of the molecule is CNc1ncnc2ccc(C=O)cc12. The first-order valence-electron chi connectivity index (χ1n) is 4.23. The van der Waals surface area contributed by atoms with Gasteiger partial charge in [0.05, 0.1) is 5.52 Å². The Balaban J connectivity index is 2.76. The Morgan fingerprint density at radius 3 is 2.93 bits per heavy atom. The fraction of sp³-hybridized carbons (Fsp3) is 0.100. The number of aldehydes is 1. The maximum atomic E-state index is 10.6. The molecule has 0 aliphatic rings. The van der Waals surface area contributed by atoms with Gasteiger partial charge in [0, 0.05) is 18.0 Å². The highest BCUT2D eigenvalue weighted by atomic mass is 16.1. The number of benzene rings is 1. The van der Waals surface area contributed by atoms with Gasteiger partial charge in [-0.2, -0.15) is 0 Å². The summed E-state index contributed by atoms with van der Waals surface area (Å²) in [6.45, 7) is 0. The summed E-state index contributed by atoms with van der Waals surface area (Å²) < 4.78 is 0. The van der Waals surface area contributed by atoms with E-state index in [2.05, 4.69) is 15.3 Å². The second kappa shape index (κ2) is 3.41. The molecular formula is C10H9N3O. The predicted octanol–water partition coefficient (Wildman–Crippen LogP) is 1.48. The van der Waals surface area contributed by atoms with Crippen molar-refractivity contribution in [1.82, 2.24) is 9.97 Å². The fourth-order valence-electron chi connectivity index (χ4n) is 1.35. The van der Waals surface area contributed by atoms with Crippen LogP contribution in [0, 0.1) is 0 Å². The number of carbonyl (C=O) groups is 1. The van der Waals surface area contributed by atoms with Crippen molar-refractivity contribution in [3.8, 4) is 0 Å². The molecule has 1 aromatic carbocycles. The summed E-state index contributed by atoms with van der Waals surface area (Å²) >= 11 is 0. The predicted molar refractivity (Wildman–Crippen MR) is 54.5 cm³/mol. The lowest BCUT2D eigenvalue weighted by Crippen LogP contribution is -1.95. The van der Waals surface area contributed by atoms with Gasteiger partial charge in [-0.05, 0) is 18.2 Å². The standard InChI is InChI=1S/C10H9N3O/c1-11-10-8-4-7(5-14)2-3-9(8)12-6-13-10/h2-6H,1H3,(H,11,12,13). The summed E-state index contributed by atoms with van der Waals surface area (Å²) in [5, 5.41) is 3.81. The van der Waals surface area contributed by atoms with Crippen molar-refractivity contribution in [3.05, 3.63) is 30.1 Å². The minimum atomic E-state index is 0.629. The minimum Gasteiger partial charge on any atom is -0.373 e. The van der Waals surface area contributed by atoms with Gasteiger partial charge in [0.2, 0.25) is 0 Å². The molecule has 0 unspecified atom stereocenters. The molecule has 0 aliphatic heterocycles. The number of anilines is 1. The van der Waals surface area contributed by atoms with Crippen LogP contribution in [-0.2, 0) is 0 Å². The van der Waals surface area contributed by atoms with Crippen LogP contribution in [0.4, 0.5) is 5.82 Å². The van der Waals surface area contributed by atoms with Crippen molar-refractivity contribution < 1.29 is 4.79 Å². The molecule has 1 N–H and O–H groups in total. The molecule has 0 amide bonds. The number of hydrogen-bond donors (Lipinski definition) is 1. The van der Waals surface area contributed by atoms with Crippen LogP contribution in [0.1, 0.15) is 10.4 Å². The maximum absolute atomic E-state index is 10.6. The van der Waals surface area contributed by atoms with Gasteiger partial charge in [0.15, 0.2) is 0 Å². The lowest BCUT2D eigenvalue weighted by atomic mass is 10.1. The molecule has 4 nitrogen and oxygen atoms in total. The molecule has 0 spiro atoms. The second-order valence-corrected chi connectivity index (χ2v) is 2.87. The van der Waals surface area contributed by atoms with Crippen molar-refractivity contribution in [2.75, 3.05) is 12.4 Å². The lowest BCUT2D eigenvalue weighted by molar-refractivity contribution is 0.112. The zero-order chi connectivity index (χ0) is 9.97. The van der Waals surface area contributed by atoms with E-state index in [1.807, 2.05) is 6.07 Å². The monoisotopic (exact) mass is 187 g/mol. The first kappa shape index (κ1) is 8.62. The second-order valence-electron chi connectivity index (χ2n) is 2.87. The Morgan fingerprint density at radius 1 is 1.36 bits per heavy atom. The molecule has 0 atom stereocenters. The third-order valence-electron chi connectivity index (χ3n) is 2.03. The van der Waals surface area contributed by atoms with Gasteiger partial charge in [0.1, 0.15) is 18.4 Å². The molecular weight excluding hydrogens is 178 g/mol. The van der Waals surface area contributed by atoms with Crippen LogP contribution in [0.5, 0.6) is 0 Å². The smallest absolute Gasteiger partial charge is 0.150 e.